The third kappa shape index (κ3) is 62.2. The maximum atomic E-state index is 12.8. The Morgan fingerprint density at radius 2 is 0.722 bits per heavy atom. The minimum atomic E-state index is -1.63. The molecule has 2 unspecified atom stereocenters. The van der Waals surface area contributed by atoms with E-state index in [4.69, 9.17) is 18.9 Å². The van der Waals surface area contributed by atoms with Crippen LogP contribution in [0.5, 0.6) is 0 Å². The van der Waals surface area contributed by atoms with Gasteiger partial charge in [0.05, 0.1) is 40.3 Å². The number of carbonyl (C=O) groups excluding carboxylic acids is 3. The zero-order chi connectivity index (χ0) is 57.6. The van der Waals surface area contributed by atoms with Crippen LogP contribution in [0, 0.1) is 0 Å². The third-order valence-corrected chi connectivity index (χ3v) is 14.4. The van der Waals surface area contributed by atoms with Gasteiger partial charge in [0, 0.05) is 12.8 Å². The molecule has 0 aromatic rings. The zero-order valence-electron chi connectivity index (χ0n) is 52.2. The summed E-state index contributed by atoms with van der Waals surface area (Å²) in [4.78, 5) is 37.3. The molecular weight excluding hydrogens is 983 g/mol. The molecule has 0 bridgehead atoms. The molecule has 9 nitrogen and oxygen atoms in total. The molecule has 458 valence electrons. The summed E-state index contributed by atoms with van der Waals surface area (Å²) >= 11 is 0. The molecule has 0 aliphatic carbocycles. The lowest BCUT2D eigenvalue weighted by Crippen LogP contribution is -2.44. The van der Waals surface area contributed by atoms with Crippen LogP contribution >= 0.6 is 0 Å². The maximum Gasteiger partial charge on any atom is 0.306 e. The van der Waals surface area contributed by atoms with Crippen molar-refractivity contribution in [3.05, 3.63) is 72.9 Å². The minimum Gasteiger partial charge on any atom is -0.545 e. The van der Waals surface area contributed by atoms with E-state index >= 15 is 0 Å². The average molecular weight is 1110 g/mol. The standard InChI is InChI=1S/C70H125NO8/c1-6-8-10-12-14-16-18-20-22-23-24-25-26-27-28-29-30-31-32-33-34-35-36-37-38-39-40-41-42-43-44-45-47-48-50-52-54-56-58-60-67(72)77-64-66(65-78-70(69(74)75)76-63-62-71(3,4)5)79-68(73)61-59-57-55-53-51-49-46-21-19-17-15-13-11-9-7-2/h9,11,15,17-18,20-21,23-24,46,51,53,66,70H,6-8,10,12-14,16,19,22,25-45,47-50,52,54-65H2,1-5H3/b11-9-,17-15-,20-18-,24-23-,46-21-,53-51-. The minimum absolute atomic E-state index is 0.138. The van der Waals surface area contributed by atoms with Gasteiger partial charge in [0.25, 0.3) is 0 Å². The van der Waals surface area contributed by atoms with Crippen molar-refractivity contribution in [2.45, 2.75) is 309 Å². The number of carbonyl (C=O) groups is 3. The number of quaternary nitrogens is 1. The third-order valence-electron chi connectivity index (χ3n) is 14.4. The van der Waals surface area contributed by atoms with Crippen LogP contribution in [-0.4, -0.2) is 82.3 Å². The summed E-state index contributed by atoms with van der Waals surface area (Å²) in [5.41, 5.74) is 0. The van der Waals surface area contributed by atoms with Crippen LogP contribution in [0.3, 0.4) is 0 Å². The van der Waals surface area contributed by atoms with Crippen LogP contribution in [0.1, 0.15) is 296 Å². The van der Waals surface area contributed by atoms with Crippen LogP contribution in [0.15, 0.2) is 72.9 Å². The highest BCUT2D eigenvalue weighted by atomic mass is 16.7. The lowest BCUT2D eigenvalue weighted by atomic mass is 10.0. The SMILES string of the molecule is CC/C=C\C/C=C\C/C=C\C/C=C\CCCCC(=O)OC(COC(=O)CCCCCCCCCCCCCCCCCCCCCCCCCCCCC/C=C\C/C=C\CCCCCCC)COC(OCC[N+](C)(C)C)C(=O)[O-]. The Kier molecular flexibility index (Phi) is 58.3. The van der Waals surface area contributed by atoms with Crippen molar-refractivity contribution >= 4 is 17.9 Å². The van der Waals surface area contributed by atoms with Gasteiger partial charge in [-0.05, 0) is 83.5 Å². The molecule has 0 N–H and O–H groups in total. The summed E-state index contributed by atoms with van der Waals surface area (Å²) in [6, 6.07) is 0. The van der Waals surface area contributed by atoms with Crippen molar-refractivity contribution in [1.82, 2.24) is 0 Å². The fourth-order valence-corrected chi connectivity index (χ4v) is 9.38. The molecule has 0 spiro atoms. The highest BCUT2D eigenvalue weighted by Gasteiger charge is 2.22. The monoisotopic (exact) mass is 1110 g/mol. The predicted octanol–water partition coefficient (Wildman–Crippen LogP) is 18.8. The number of rotatable bonds is 61. The summed E-state index contributed by atoms with van der Waals surface area (Å²) < 4.78 is 22.7. The van der Waals surface area contributed by atoms with Crippen LogP contribution in [0.4, 0.5) is 0 Å². The van der Waals surface area contributed by atoms with Crippen LogP contribution in [0.2, 0.25) is 0 Å². The van der Waals surface area contributed by atoms with Crippen molar-refractivity contribution in [2.75, 3.05) is 47.5 Å². The van der Waals surface area contributed by atoms with E-state index in [0.29, 0.717) is 17.4 Å². The number of hydrogen-bond donors (Lipinski definition) is 0. The van der Waals surface area contributed by atoms with Crippen molar-refractivity contribution < 1.29 is 42.9 Å². The van der Waals surface area contributed by atoms with E-state index in [-0.39, 0.29) is 38.6 Å². The Morgan fingerprint density at radius 1 is 0.392 bits per heavy atom. The normalized spacial score (nSPS) is 13.2. The number of unbranched alkanes of at least 4 members (excludes halogenated alkanes) is 34. The molecule has 0 heterocycles. The number of allylic oxidation sites excluding steroid dienone is 12. The summed E-state index contributed by atoms with van der Waals surface area (Å²) in [5.74, 6) is -2.33. The molecule has 0 radical (unpaired) electrons. The number of ether oxygens (including phenoxy) is 4. The quantitative estimate of drug-likeness (QED) is 0.0195. The number of carboxylic acid groups (broad SMARTS) is 1. The molecule has 2 atom stereocenters. The number of aliphatic carboxylic acids is 1. The Balaban J connectivity index is 3.95. The first-order chi connectivity index (χ1) is 38.6. The Bertz CT molecular complexity index is 1520. The fourth-order valence-electron chi connectivity index (χ4n) is 9.38. The van der Waals surface area contributed by atoms with Gasteiger partial charge in [-0.15, -0.1) is 0 Å². The smallest absolute Gasteiger partial charge is 0.306 e. The highest BCUT2D eigenvalue weighted by Crippen LogP contribution is 2.18. The second-order valence-corrected chi connectivity index (χ2v) is 23.4. The summed E-state index contributed by atoms with van der Waals surface area (Å²) in [6.07, 6.45) is 77.3. The van der Waals surface area contributed by atoms with Gasteiger partial charge in [-0.2, -0.15) is 0 Å². The first-order valence-corrected chi connectivity index (χ1v) is 33.1. The number of nitrogens with zero attached hydrogens (tertiary/aromatic N) is 1. The van der Waals surface area contributed by atoms with Crippen molar-refractivity contribution in [3.8, 4) is 0 Å². The number of likely N-dealkylation sites (N-methyl/N-ethyl adjacent to an activating group) is 1. The van der Waals surface area contributed by atoms with Gasteiger partial charge in [0.1, 0.15) is 13.2 Å². The van der Waals surface area contributed by atoms with Crippen molar-refractivity contribution in [3.63, 3.8) is 0 Å². The van der Waals surface area contributed by atoms with E-state index in [1.54, 1.807) is 0 Å². The topological polar surface area (TPSA) is 111 Å². The van der Waals surface area contributed by atoms with E-state index in [1.165, 1.54) is 199 Å². The molecule has 0 saturated carbocycles. The Morgan fingerprint density at radius 3 is 1.10 bits per heavy atom. The number of hydrogen-bond acceptors (Lipinski definition) is 8. The van der Waals surface area contributed by atoms with Crippen molar-refractivity contribution in [2.24, 2.45) is 0 Å². The van der Waals surface area contributed by atoms with E-state index in [0.717, 1.165) is 64.2 Å². The molecular formula is C70H125NO8. The molecule has 0 saturated heterocycles. The molecule has 0 fully saturated rings. The number of carboxylic acids is 1. The van der Waals surface area contributed by atoms with Gasteiger partial charge in [-0.1, -0.05) is 273 Å². The molecule has 0 aliphatic rings. The maximum absolute atomic E-state index is 12.8. The molecule has 0 rings (SSSR count). The van der Waals surface area contributed by atoms with Crippen LogP contribution in [0.25, 0.3) is 0 Å². The van der Waals surface area contributed by atoms with Gasteiger partial charge in [0.15, 0.2) is 12.4 Å². The zero-order valence-corrected chi connectivity index (χ0v) is 52.2. The number of esters is 2. The Hall–Kier alpha value is -3.27. The van der Waals surface area contributed by atoms with Crippen LogP contribution in [-0.2, 0) is 33.3 Å². The average Bonchev–Trinajstić information content (AvgIpc) is 3.42. The molecule has 0 amide bonds. The first kappa shape index (κ1) is 75.7. The molecule has 9 heteroatoms. The van der Waals surface area contributed by atoms with Gasteiger partial charge in [-0.3, -0.25) is 9.59 Å². The largest absolute Gasteiger partial charge is 0.545 e. The van der Waals surface area contributed by atoms with E-state index in [2.05, 4.69) is 86.8 Å². The van der Waals surface area contributed by atoms with E-state index in [1.807, 2.05) is 21.1 Å². The highest BCUT2D eigenvalue weighted by molar-refractivity contribution is 5.70. The summed E-state index contributed by atoms with van der Waals surface area (Å²) in [5, 5.41) is 11.8. The van der Waals surface area contributed by atoms with Crippen LogP contribution < -0.4 is 5.11 Å². The van der Waals surface area contributed by atoms with E-state index in [9.17, 15) is 19.5 Å². The first-order valence-electron chi connectivity index (χ1n) is 33.1. The summed E-state index contributed by atoms with van der Waals surface area (Å²) in [6.45, 7) is 4.59. The molecule has 0 aliphatic heterocycles. The summed E-state index contributed by atoms with van der Waals surface area (Å²) in [7, 11) is 5.91. The second-order valence-electron chi connectivity index (χ2n) is 23.4. The second kappa shape index (κ2) is 60.8. The van der Waals surface area contributed by atoms with Gasteiger partial charge in [-0.25, -0.2) is 0 Å². The lowest BCUT2D eigenvalue weighted by molar-refractivity contribution is -0.870. The van der Waals surface area contributed by atoms with E-state index < -0.39 is 24.3 Å². The Labute approximate surface area is 487 Å². The lowest BCUT2D eigenvalue weighted by Gasteiger charge is -2.26. The molecule has 0 aromatic carbocycles. The van der Waals surface area contributed by atoms with Gasteiger partial charge >= 0.3 is 11.9 Å². The van der Waals surface area contributed by atoms with Gasteiger partial charge < -0.3 is 33.3 Å². The van der Waals surface area contributed by atoms with Gasteiger partial charge in [0.2, 0.25) is 0 Å². The fraction of sp³-hybridized carbons (Fsp3) is 0.786. The molecule has 79 heavy (non-hydrogen) atoms. The van der Waals surface area contributed by atoms with Crippen molar-refractivity contribution in [1.29, 1.82) is 0 Å². The molecule has 0 aromatic heterocycles. The predicted molar refractivity (Wildman–Crippen MR) is 334 cm³/mol.